The molecule has 0 aliphatic rings. The number of halogens is 3. The van der Waals surface area contributed by atoms with Crippen molar-refractivity contribution in [1.82, 2.24) is 10.6 Å². The molecule has 3 N–H and O–H groups in total. The van der Waals surface area contributed by atoms with Crippen LogP contribution in [0.25, 0.3) is 0 Å². The quantitative estimate of drug-likeness (QED) is 0.299. The molecule has 5 nitrogen and oxygen atoms in total. The number of carbonyl (C=O) groups excluding carboxylic acids is 1. The third-order valence-electron chi connectivity index (χ3n) is 3.35. The molecule has 0 aromatic heterocycles. The van der Waals surface area contributed by atoms with E-state index in [-0.39, 0.29) is 35.7 Å². The Labute approximate surface area is 178 Å². The highest BCUT2D eigenvalue weighted by atomic mass is 127. The summed E-state index contributed by atoms with van der Waals surface area (Å²) in [7, 11) is 1.64. The molecule has 0 atom stereocenters. The van der Waals surface area contributed by atoms with Gasteiger partial charge in [-0.2, -0.15) is 0 Å². The van der Waals surface area contributed by atoms with Crippen molar-refractivity contribution < 1.29 is 9.18 Å². The predicted molar refractivity (Wildman–Crippen MR) is 117 cm³/mol. The first-order chi connectivity index (χ1) is 12.1. The first-order valence-corrected chi connectivity index (χ1v) is 8.60. The van der Waals surface area contributed by atoms with Gasteiger partial charge in [0.1, 0.15) is 5.82 Å². The van der Waals surface area contributed by atoms with Crippen LogP contribution < -0.4 is 16.0 Å². The monoisotopic (exact) mass is 534 g/mol. The Kier molecular flexibility index (Phi) is 10.2. The van der Waals surface area contributed by atoms with Crippen molar-refractivity contribution in [2.45, 2.75) is 13.0 Å². The van der Waals surface area contributed by atoms with Crippen molar-refractivity contribution in [1.29, 1.82) is 0 Å². The molecule has 2 rings (SSSR count). The van der Waals surface area contributed by atoms with Crippen molar-refractivity contribution >= 4 is 57.5 Å². The van der Waals surface area contributed by atoms with E-state index >= 15 is 0 Å². The molecular weight excluding hydrogens is 514 g/mol. The molecule has 140 valence electrons. The number of carbonyl (C=O) groups is 1. The number of hydrogen-bond donors (Lipinski definition) is 3. The van der Waals surface area contributed by atoms with E-state index in [1.807, 2.05) is 30.3 Å². The smallest absolute Gasteiger partial charge is 0.226 e. The molecule has 0 spiro atoms. The molecule has 0 fully saturated rings. The minimum atomic E-state index is -0.271. The second-order valence-corrected chi connectivity index (χ2v) is 6.20. The van der Waals surface area contributed by atoms with E-state index in [1.165, 1.54) is 12.1 Å². The fourth-order valence-corrected chi connectivity index (χ4v) is 2.37. The maximum Gasteiger partial charge on any atom is 0.226 e. The van der Waals surface area contributed by atoms with Crippen LogP contribution in [0.5, 0.6) is 0 Å². The molecule has 1 amide bonds. The Bertz CT molecular complexity index is 740. The van der Waals surface area contributed by atoms with Gasteiger partial charge < -0.3 is 16.0 Å². The lowest BCUT2D eigenvalue weighted by Crippen LogP contribution is -2.38. The van der Waals surface area contributed by atoms with Crippen molar-refractivity contribution in [2.75, 3.05) is 18.9 Å². The Balaban J connectivity index is 0.00000338. The summed E-state index contributed by atoms with van der Waals surface area (Å²) < 4.78 is 14.1. The fourth-order valence-electron chi connectivity index (χ4n) is 2.10. The lowest BCUT2D eigenvalue weighted by atomic mass is 10.2. The fraction of sp³-hybridized carbons (Fsp3) is 0.222. The van der Waals surface area contributed by atoms with Gasteiger partial charge in [-0.05, 0) is 42.0 Å². The average molecular weight is 535 g/mol. The van der Waals surface area contributed by atoms with Crippen molar-refractivity contribution in [2.24, 2.45) is 4.99 Å². The lowest BCUT2D eigenvalue weighted by molar-refractivity contribution is -0.116. The van der Waals surface area contributed by atoms with E-state index in [9.17, 15) is 9.18 Å². The second kappa shape index (κ2) is 11.8. The minimum Gasteiger partial charge on any atom is -0.356 e. The number of nitrogens with zero attached hydrogens (tertiary/aromatic N) is 1. The summed E-state index contributed by atoms with van der Waals surface area (Å²) in [6.07, 6.45) is 0.302. The topological polar surface area (TPSA) is 65.5 Å². The first-order valence-electron chi connectivity index (χ1n) is 7.81. The molecule has 0 bridgehead atoms. The van der Waals surface area contributed by atoms with Crippen LogP contribution in [0.1, 0.15) is 12.0 Å². The van der Waals surface area contributed by atoms with Gasteiger partial charge in [0, 0.05) is 36.7 Å². The van der Waals surface area contributed by atoms with Gasteiger partial charge in [0.05, 0.1) is 0 Å². The van der Waals surface area contributed by atoms with Gasteiger partial charge >= 0.3 is 0 Å². The lowest BCUT2D eigenvalue weighted by Gasteiger charge is -2.12. The highest BCUT2D eigenvalue weighted by Gasteiger charge is 2.04. The van der Waals surface area contributed by atoms with E-state index in [4.69, 9.17) is 0 Å². The van der Waals surface area contributed by atoms with E-state index in [0.717, 1.165) is 15.7 Å². The molecule has 0 aliphatic carbocycles. The van der Waals surface area contributed by atoms with Gasteiger partial charge in [-0.1, -0.05) is 28.1 Å². The molecule has 0 saturated carbocycles. The average Bonchev–Trinajstić information content (AvgIpc) is 2.60. The van der Waals surface area contributed by atoms with E-state index < -0.39 is 0 Å². The molecule has 0 saturated heterocycles. The first kappa shape index (κ1) is 22.4. The zero-order valence-corrected chi connectivity index (χ0v) is 18.2. The van der Waals surface area contributed by atoms with Crippen LogP contribution in [-0.2, 0) is 11.3 Å². The summed E-state index contributed by atoms with van der Waals surface area (Å²) in [5.41, 5.74) is 1.57. The van der Waals surface area contributed by atoms with Crippen LogP contribution >= 0.6 is 39.9 Å². The van der Waals surface area contributed by atoms with E-state index in [0.29, 0.717) is 25.5 Å². The Morgan fingerprint density at radius 2 is 1.88 bits per heavy atom. The molecule has 0 aliphatic heterocycles. The summed E-state index contributed by atoms with van der Waals surface area (Å²) in [6, 6.07) is 13.7. The summed E-state index contributed by atoms with van der Waals surface area (Å²) >= 11 is 3.35. The number of aliphatic imine (C=N–C) groups is 1. The summed E-state index contributed by atoms with van der Waals surface area (Å²) in [4.78, 5) is 16.0. The van der Waals surface area contributed by atoms with Crippen LogP contribution in [0.15, 0.2) is 58.0 Å². The zero-order chi connectivity index (χ0) is 18.1. The van der Waals surface area contributed by atoms with Crippen LogP contribution in [0.4, 0.5) is 10.1 Å². The normalized spacial score (nSPS) is 10.7. The van der Waals surface area contributed by atoms with Crippen molar-refractivity contribution in [3.63, 3.8) is 0 Å². The second-order valence-electron chi connectivity index (χ2n) is 5.29. The SMILES string of the molecule is CN=C(NCCC(=O)Nc1ccc(Br)cc1)NCc1cccc(F)c1.I. The van der Waals surface area contributed by atoms with Gasteiger partial charge in [0.2, 0.25) is 5.91 Å². The van der Waals surface area contributed by atoms with Gasteiger partial charge in [-0.3, -0.25) is 9.79 Å². The molecule has 2 aromatic carbocycles. The van der Waals surface area contributed by atoms with Crippen LogP contribution in [0.3, 0.4) is 0 Å². The van der Waals surface area contributed by atoms with Crippen LogP contribution in [0.2, 0.25) is 0 Å². The van der Waals surface area contributed by atoms with Crippen LogP contribution in [-0.4, -0.2) is 25.5 Å². The predicted octanol–water partition coefficient (Wildman–Crippen LogP) is 3.90. The maximum absolute atomic E-state index is 13.1. The number of benzene rings is 2. The van der Waals surface area contributed by atoms with Crippen molar-refractivity contribution in [3.05, 3.63) is 64.4 Å². The molecule has 26 heavy (non-hydrogen) atoms. The molecule has 0 heterocycles. The third-order valence-corrected chi connectivity index (χ3v) is 3.87. The third kappa shape index (κ3) is 8.13. The van der Waals surface area contributed by atoms with Gasteiger partial charge in [0.25, 0.3) is 0 Å². The zero-order valence-electron chi connectivity index (χ0n) is 14.3. The Morgan fingerprint density at radius 3 is 2.54 bits per heavy atom. The number of hydrogen-bond acceptors (Lipinski definition) is 2. The molecule has 8 heteroatoms. The molecule has 0 unspecified atom stereocenters. The number of anilines is 1. The highest BCUT2D eigenvalue weighted by molar-refractivity contribution is 14.0. The molecule has 0 radical (unpaired) electrons. The number of guanidine groups is 1. The molecule has 2 aromatic rings. The minimum absolute atomic E-state index is 0. The van der Waals surface area contributed by atoms with E-state index in [2.05, 4.69) is 36.9 Å². The van der Waals surface area contributed by atoms with Gasteiger partial charge in [-0.25, -0.2) is 4.39 Å². The summed E-state index contributed by atoms with van der Waals surface area (Å²) in [5, 5.41) is 8.96. The highest BCUT2D eigenvalue weighted by Crippen LogP contribution is 2.14. The number of rotatable bonds is 6. The Hall–Kier alpha value is -1.68. The standard InChI is InChI=1S/C18H20BrFN4O.HI/c1-21-18(23-12-13-3-2-4-15(20)11-13)22-10-9-17(25)24-16-7-5-14(19)6-8-16;/h2-8,11H,9-10,12H2,1H3,(H,24,25)(H2,21,22,23);1H. The Morgan fingerprint density at radius 1 is 1.15 bits per heavy atom. The van der Waals surface area contributed by atoms with Crippen LogP contribution in [0, 0.1) is 5.82 Å². The summed E-state index contributed by atoms with van der Waals surface area (Å²) in [6.45, 7) is 0.883. The van der Waals surface area contributed by atoms with Gasteiger partial charge in [-0.15, -0.1) is 24.0 Å². The van der Waals surface area contributed by atoms with Gasteiger partial charge in [0.15, 0.2) is 5.96 Å². The van der Waals surface area contributed by atoms with Crippen molar-refractivity contribution in [3.8, 4) is 0 Å². The van der Waals surface area contributed by atoms with E-state index in [1.54, 1.807) is 13.1 Å². The number of amides is 1. The largest absolute Gasteiger partial charge is 0.356 e. The maximum atomic E-state index is 13.1. The molecular formula is C18H21BrFIN4O. The number of nitrogens with one attached hydrogen (secondary N) is 3. The summed E-state index contributed by atoms with van der Waals surface area (Å²) in [5.74, 6) is 0.197.